The molecule has 3 aromatic carbocycles. The lowest BCUT2D eigenvalue weighted by atomic mass is 10.1. The van der Waals surface area contributed by atoms with Gasteiger partial charge in [-0.05, 0) is 68.8 Å². The first kappa shape index (κ1) is 30.8. The lowest BCUT2D eigenvalue weighted by Crippen LogP contribution is -2.51. The summed E-state index contributed by atoms with van der Waals surface area (Å²) >= 11 is 6.34. The van der Waals surface area contributed by atoms with Crippen molar-refractivity contribution in [1.29, 1.82) is 0 Å². The van der Waals surface area contributed by atoms with Crippen LogP contribution < -0.4 is 19.1 Å². The van der Waals surface area contributed by atoms with Crippen molar-refractivity contribution in [3.63, 3.8) is 0 Å². The summed E-state index contributed by atoms with van der Waals surface area (Å²) in [6.45, 7) is 5.12. The van der Waals surface area contributed by atoms with E-state index >= 15 is 0 Å². The SMILES string of the molecule is CCNC(=O)C(C)N(Cc1ccc(OC)cc1)C(=O)CN(c1ccc(OC)c(Cl)c1)S(=O)(=O)c1ccc(C)cc1. The van der Waals surface area contributed by atoms with Gasteiger partial charge in [-0.3, -0.25) is 13.9 Å². The maximum Gasteiger partial charge on any atom is 0.264 e. The molecule has 0 bridgehead atoms. The van der Waals surface area contributed by atoms with E-state index in [-0.39, 0.29) is 28.1 Å². The minimum atomic E-state index is -4.20. The number of rotatable bonds is 12. The molecule has 1 N–H and O–H groups in total. The zero-order valence-corrected chi connectivity index (χ0v) is 24.8. The molecule has 1 atom stereocenters. The van der Waals surface area contributed by atoms with Crippen LogP contribution in [-0.2, 0) is 26.2 Å². The van der Waals surface area contributed by atoms with Gasteiger partial charge in [0.1, 0.15) is 24.1 Å². The highest BCUT2D eigenvalue weighted by Crippen LogP contribution is 2.32. The van der Waals surface area contributed by atoms with Gasteiger partial charge in [0.25, 0.3) is 10.0 Å². The van der Waals surface area contributed by atoms with Crippen molar-refractivity contribution in [3.05, 3.63) is 82.9 Å². The number of hydrogen-bond donors (Lipinski definition) is 1. The van der Waals surface area contributed by atoms with Gasteiger partial charge < -0.3 is 19.7 Å². The van der Waals surface area contributed by atoms with E-state index in [1.807, 2.05) is 6.92 Å². The van der Waals surface area contributed by atoms with Gasteiger partial charge in [-0.25, -0.2) is 8.42 Å². The van der Waals surface area contributed by atoms with Gasteiger partial charge in [0, 0.05) is 13.1 Å². The third kappa shape index (κ3) is 7.25. The van der Waals surface area contributed by atoms with E-state index < -0.39 is 28.5 Å². The van der Waals surface area contributed by atoms with E-state index in [0.29, 0.717) is 18.0 Å². The molecule has 0 aromatic heterocycles. The van der Waals surface area contributed by atoms with Crippen molar-refractivity contribution in [2.75, 3.05) is 31.6 Å². The minimum Gasteiger partial charge on any atom is -0.497 e. The lowest BCUT2D eigenvalue weighted by Gasteiger charge is -2.32. The molecule has 0 aliphatic rings. The molecule has 0 saturated carbocycles. The molecule has 3 aromatic rings. The standard InChI is InChI=1S/C29H34ClN3O6S/c1-6-31-29(35)21(3)32(18-22-9-12-24(38-4)13-10-22)28(34)19-33(23-11-16-27(39-5)26(30)17-23)40(36,37)25-14-7-20(2)8-15-25/h7-17,21H,6,18-19H2,1-5H3,(H,31,35). The Morgan fingerprint density at radius 3 is 2.17 bits per heavy atom. The molecule has 0 fully saturated rings. The zero-order chi connectivity index (χ0) is 29.4. The van der Waals surface area contributed by atoms with Crippen molar-refractivity contribution in [2.45, 2.75) is 38.3 Å². The Morgan fingerprint density at radius 2 is 1.62 bits per heavy atom. The quantitative estimate of drug-likeness (QED) is 0.336. The van der Waals surface area contributed by atoms with Crippen LogP contribution in [0.3, 0.4) is 0 Å². The number of carbonyl (C=O) groups is 2. The highest BCUT2D eigenvalue weighted by atomic mass is 35.5. The molecule has 0 spiro atoms. The summed E-state index contributed by atoms with van der Waals surface area (Å²) in [6.07, 6.45) is 0. The van der Waals surface area contributed by atoms with Gasteiger partial charge in [0.05, 0.1) is 29.8 Å². The summed E-state index contributed by atoms with van der Waals surface area (Å²) in [7, 11) is -1.20. The number of likely N-dealkylation sites (N-methyl/N-ethyl adjacent to an activating group) is 1. The Morgan fingerprint density at radius 1 is 0.975 bits per heavy atom. The zero-order valence-electron chi connectivity index (χ0n) is 23.2. The van der Waals surface area contributed by atoms with Crippen LogP contribution in [0, 0.1) is 6.92 Å². The van der Waals surface area contributed by atoms with Crippen LogP contribution in [0.4, 0.5) is 5.69 Å². The number of amides is 2. The van der Waals surface area contributed by atoms with Crippen LogP contribution in [0.25, 0.3) is 0 Å². The molecule has 1 unspecified atom stereocenters. The fourth-order valence-corrected chi connectivity index (χ4v) is 5.67. The third-order valence-corrected chi connectivity index (χ3v) is 8.42. The number of carbonyl (C=O) groups excluding carboxylic acids is 2. The van der Waals surface area contributed by atoms with Crippen molar-refractivity contribution in [2.24, 2.45) is 0 Å². The number of benzene rings is 3. The van der Waals surface area contributed by atoms with Crippen LogP contribution in [0.5, 0.6) is 11.5 Å². The second-order valence-electron chi connectivity index (χ2n) is 9.08. The molecule has 3 rings (SSSR count). The maximum absolute atomic E-state index is 13.9. The molecule has 2 amide bonds. The van der Waals surface area contributed by atoms with Gasteiger partial charge in [-0.1, -0.05) is 41.4 Å². The molecular weight excluding hydrogens is 554 g/mol. The second-order valence-corrected chi connectivity index (χ2v) is 11.4. The Labute approximate surface area is 240 Å². The van der Waals surface area contributed by atoms with Crippen molar-refractivity contribution < 1.29 is 27.5 Å². The summed E-state index contributed by atoms with van der Waals surface area (Å²) < 4.78 is 39.2. The normalized spacial score (nSPS) is 11.8. The Bertz CT molecular complexity index is 1430. The number of ether oxygens (including phenoxy) is 2. The fourth-order valence-electron chi connectivity index (χ4n) is 4.01. The summed E-state index contributed by atoms with van der Waals surface area (Å²) in [4.78, 5) is 28.1. The fraction of sp³-hybridized carbons (Fsp3) is 0.310. The molecule has 40 heavy (non-hydrogen) atoms. The van der Waals surface area contributed by atoms with E-state index in [1.165, 1.54) is 42.3 Å². The van der Waals surface area contributed by atoms with Crippen LogP contribution in [0.15, 0.2) is 71.6 Å². The number of methoxy groups -OCH3 is 2. The van der Waals surface area contributed by atoms with Crippen LogP contribution in [0.1, 0.15) is 25.0 Å². The second kappa shape index (κ2) is 13.5. The van der Waals surface area contributed by atoms with E-state index in [2.05, 4.69) is 5.32 Å². The van der Waals surface area contributed by atoms with Gasteiger partial charge >= 0.3 is 0 Å². The first-order chi connectivity index (χ1) is 19.0. The first-order valence-corrected chi connectivity index (χ1v) is 14.5. The molecular formula is C29H34ClN3O6S. The van der Waals surface area contributed by atoms with Gasteiger partial charge in [-0.15, -0.1) is 0 Å². The largest absolute Gasteiger partial charge is 0.497 e. The van der Waals surface area contributed by atoms with Crippen LogP contribution >= 0.6 is 11.6 Å². The average Bonchev–Trinajstić information content (AvgIpc) is 2.94. The average molecular weight is 588 g/mol. The van der Waals surface area contributed by atoms with Crippen LogP contribution in [-0.4, -0.2) is 58.5 Å². The summed E-state index contributed by atoms with van der Waals surface area (Å²) in [6, 6.07) is 17.0. The molecule has 0 heterocycles. The Balaban J connectivity index is 2.05. The van der Waals surface area contributed by atoms with Gasteiger partial charge in [-0.2, -0.15) is 0 Å². The smallest absolute Gasteiger partial charge is 0.264 e. The first-order valence-electron chi connectivity index (χ1n) is 12.6. The number of sulfonamides is 1. The van der Waals surface area contributed by atoms with E-state index in [4.69, 9.17) is 21.1 Å². The van der Waals surface area contributed by atoms with Crippen molar-refractivity contribution in [1.82, 2.24) is 10.2 Å². The monoisotopic (exact) mass is 587 g/mol. The third-order valence-electron chi connectivity index (χ3n) is 6.34. The number of nitrogens with zero attached hydrogens (tertiary/aromatic N) is 2. The maximum atomic E-state index is 13.9. The highest BCUT2D eigenvalue weighted by Gasteiger charge is 2.32. The topological polar surface area (TPSA) is 105 Å². The Hall–Kier alpha value is -3.76. The number of anilines is 1. The van der Waals surface area contributed by atoms with E-state index in [1.54, 1.807) is 57.4 Å². The number of aryl methyl sites for hydroxylation is 1. The summed E-state index contributed by atoms with van der Waals surface area (Å²) in [5.41, 5.74) is 1.80. The number of halogens is 1. The van der Waals surface area contributed by atoms with E-state index in [0.717, 1.165) is 15.4 Å². The number of hydrogen-bond acceptors (Lipinski definition) is 6. The lowest BCUT2D eigenvalue weighted by molar-refractivity contribution is -0.139. The predicted octanol–water partition coefficient (Wildman–Crippen LogP) is 4.41. The van der Waals surface area contributed by atoms with Crippen molar-refractivity contribution in [3.8, 4) is 11.5 Å². The molecule has 214 valence electrons. The number of nitrogens with one attached hydrogen (secondary N) is 1. The van der Waals surface area contributed by atoms with Crippen LogP contribution in [0.2, 0.25) is 5.02 Å². The molecule has 11 heteroatoms. The summed E-state index contributed by atoms with van der Waals surface area (Å²) in [5.74, 6) is 0.0718. The highest BCUT2D eigenvalue weighted by molar-refractivity contribution is 7.92. The molecule has 0 aliphatic heterocycles. The minimum absolute atomic E-state index is 0.0105. The van der Waals surface area contributed by atoms with E-state index in [9.17, 15) is 18.0 Å². The molecule has 0 radical (unpaired) electrons. The molecule has 9 nitrogen and oxygen atoms in total. The van der Waals surface area contributed by atoms with Crippen molar-refractivity contribution >= 4 is 39.1 Å². The van der Waals surface area contributed by atoms with Gasteiger partial charge in [0.2, 0.25) is 11.8 Å². The summed E-state index contributed by atoms with van der Waals surface area (Å²) in [5, 5.41) is 2.92. The molecule has 0 saturated heterocycles. The van der Waals surface area contributed by atoms with Gasteiger partial charge in [0.15, 0.2) is 0 Å². The predicted molar refractivity (Wildman–Crippen MR) is 155 cm³/mol. The Kier molecular flexibility index (Phi) is 10.4. The molecule has 0 aliphatic carbocycles.